The highest BCUT2D eigenvalue weighted by Crippen LogP contribution is 2.25. The van der Waals surface area contributed by atoms with Gasteiger partial charge in [0.2, 0.25) is 0 Å². The Morgan fingerprint density at radius 2 is 1.74 bits per heavy atom. The van der Waals surface area contributed by atoms with Crippen molar-refractivity contribution in [1.29, 1.82) is 10.5 Å². The Labute approximate surface area is 108 Å². The first kappa shape index (κ1) is 12.5. The molecule has 0 radical (unpaired) electrons. The molecular formula is C14H7F2N3. The maximum atomic E-state index is 13.4. The van der Waals surface area contributed by atoms with Crippen LogP contribution >= 0.6 is 0 Å². The van der Waals surface area contributed by atoms with E-state index in [9.17, 15) is 8.78 Å². The third-order valence-electron chi connectivity index (χ3n) is 2.50. The van der Waals surface area contributed by atoms with E-state index in [0.717, 1.165) is 6.07 Å². The maximum Gasteiger partial charge on any atom is 0.143 e. The zero-order valence-electron chi connectivity index (χ0n) is 9.61. The van der Waals surface area contributed by atoms with Crippen LogP contribution in [0.25, 0.3) is 0 Å². The van der Waals surface area contributed by atoms with Crippen molar-refractivity contribution < 1.29 is 8.78 Å². The standard InChI is InChI=1S/C14H7F2N3/c15-10-4-5-13(9(6-10)7-17)19-14-3-1-2-12(16)11(14)8-18/h1-6,19H. The van der Waals surface area contributed by atoms with Crippen molar-refractivity contribution >= 4 is 11.4 Å². The molecule has 0 heterocycles. The van der Waals surface area contributed by atoms with Crippen molar-refractivity contribution in [1.82, 2.24) is 0 Å². The molecular weight excluding hydrogens is 248 g/mol. The minimum Gasteiger partial charge on any atom is -0.353 e. The van der Waals surface area contributed by atoms with Gasteiger partial charge in [-0.05, 0) is 30.3 Å². The van der Waals surface area contributed by atoms with E-state index in [1.54, 1.807) is 6.07 Å². The quantitative estimate of drug-likeness (QED) is 0.894. The summed E-state index contributed by atoms with van der Waals surface area (Å²) in [7, 11) is 0. The van der Waals surface area contributed by atoms with Gasteiger partial charge in [-0.3, -0.25) is 0 Å². The number of rotatable bonds is 2. The third-order valence-corrected chi connectivity index (χ3v) is 2.50. The molecule has 0 saturated heterocycles. The number of nitrogens with zero attached hydrogens (tertiary/aromatic N) is 2. The van der Waals surface area contributed by atoms with Crippen LogP contribution in [0.3, 0.4) is 0 Å². The summed E-state index contributed by atoms with van der Waals surface area (Å²) < 4.78 is 26.4. The molecule has 0 amide bonds. The summed E-state index contributed by atoms with van der Waals surface area (Å²) in [4.78, 5) is 0. The Morgan fingerprint density at radius 1 is 0.947 bits per heavy atom. The molecule has 0 bridgehead atoms. The first-order valence-corrected chi connectivity index (χ1v) is 5.31. The molecule has 0 aromatic heterocycles. The van der Waals surface area contributed by atoms with Crippen LogP contribution in [0, 0.1) is 34.3 Å². The van der Waals surface area contributed by atoms with Crippen molar-refractivity contribution in [2.45, 2.75) is 0 Å². The molecule has 19 heavy (non-hydrogen) atoms. The third kappa shape index (κ3) is 2.51. The topological polar surface area (TPSA) is 59.6 Å². The second-order valence-electron chi connectivity index (χ2n) is 3.70. The van der Waals surface area contributed by atoms with Crippen molar-refractivity contribution in [3.8, 4) is 12.1 Å². The van der Waals surface area contributed by atoms with Gasteiger partial charge in [0.1, 0.15) is 29.3 Å². The van der Waals surface area contributed by atoms with Gasteiger partial charge in [0, 0.05) is 0 Å². The number of nitrogens with one attached hydrogen (secondary N) is 1. The first-order valence-electron chi connectivity index (χ1n) is 5.31. The van der Waals surface area contributed by atoms with E-state index in [1.165, 1.54) is 30.3 Å². The molecule has 0 atom stereocenters. The number of nitriles is 2. The number of hydrogen-bond donors (Lipinski definition) is 1. The minimum atomic E-state index is -0.659. The highest BCUT2D eigenvalue weighted by Gasteiger charge is 2.10. The molecule has 1 N–H and O–H groups in total. The average Bonchev–Trinajstić information content (AvgIpc) is 2.41. The highest BCUT2D eigenvalue weighted by molar-refractivity contribution is 5.70. The summed E-state index contributed by atoms with van der Waals surface area (Å²) in [5.74, 6) is -1.20. The molecule has 5 heteroatoms. The van der Waals surface area contributed by atoms with Crippen molar-refractivity contribution in [2.24, 2.45) is 0 Å². The Hall–Kier alpha value is -2.92. The lowest BCUT2D eigenvalue weighted by Gasteiger charge is -2.10. The maximum absolute atomic E-state index is 13.4. The summed E-state index contributed by atoms with van der Waals surface area (Å²) in [5, 5.41) is 20.6. The molecule has 0 aliphatic carbocycles. The summed E-state index contributed by atoms with van der Waals surface area (Å²) in [6.07, 6.45) is 0. The lowest BCUT2D eigenvalue weighted by atomic mass is 10.1. The molecule has 2 aromatic carbocycles. The van der Waals surface area contributed by atoms with Gasteiger partial charge in [0.05, 0.1) is 16.9 Å². The molecule has 2 rings (SSSR count). The Morgan fingerprint density at radius 3 is 2.42 bits per heavy atom. The fourth-order valence-electron chi connectivity index (χ4n) is 1.60. The van der Waals surface area contributed by atoms with Crippen LogP contribution in [0.2, 0.25) is 0 Å². The largest absolute Gasteiger partial charge is 0.353 e. The van der Waals surface area contributed by atoms with Crippen LogP contribution in [-0.4, -0.2) is 0 Å². The monoisotopic (exact) mass is 255 g/mol. The molecule has 0 unspecified atom stereocenters. The summed E-state index contributed by atoms with van der Waals surface area (Å²) in [5.41, 5.74) is 0.459. The van der Waals surface area contributed by atoms with Gasteiger partial charge < -0.3 is 5.32 Å². The van der Waals surface area contributed by atoms with Crippen molar-refractivity contribution in [3.63, 3.8) is 0 Å². The molecule has 0 aliphatic rings. The lowest BCUT2D eigenvalue weighted by molar-refractivity contribution is 0.624. The zero-order valence-corrected chi connectivity index (χ0v) is 9.61. The second kappa shape index (κ2) is 5.16. The molecule has 2 aromatic rings. The number of benzene rings is 2. The van der Waals surface area contributed by atoms with Crippen LogP contribution in [0.4, 0.5) is 20.2 Å². The van der Waals surface area contributed by atoms with E-state index in [4.69, 9.17) is 10.5 Å². The van der Waals surface area contributed by atoms with Crippen LogP contribution in [0.15, 0.2) is 36.4 Å². The van der Waals surface area contributed by atoms with Crippen LogP contribution < -0.4 is 5.32 Å². The number of halogens is 2. The first-order chi connectivity index (χ1) is 9.15. The molecule has 0 spiro atoms. The SMILES string of the molecule is N#Cc1cc(F)ccc1Nc1cccc(F)c1C#N. The lowest BCUT2D eigenvalue weighted by Crippen LogP contribution is -1.98. The van der Waals surface area contributed by atoms with E-state index >= 15 is 0 Å². The Bertz CT molecular complexity index is 712. The van der Waals surface area contributed by atoms with E-state index in [-0.39, 0.29) is 16.8 Å². The van der Waals surface area contributed by atoms with Gasteiger partial charge >= 0.3 is 0 Å². The van der Waals surface area contributed by atoms with E-state index in [1.807, 2.05) is 6.07 Å². The Kier molecular flexibility index (Phi) is 3.40. The smallest absolute Gasteiger partial charge is 0.143 e. The normalized spacial score (nSPS) is 9.47. The fraction of sp³-hybridized carbons (Fsp3) is 0. The van der Waals surface area contributed by atoms with E-state index in [2.05, 4.69) is 5.32 Å². The van der Waals surface area contributed by atoms with Crippen LogP contribution in [0.1, 0.15) is 11.1 Å². The molecule has 0 saturated carbocycles. The van der Waals surface area contributed by atoms with Crippen LogP contribution in [-0.2, 0) is 0 Å². The molecule has 0 fully saturated rings. The number of hydrogen-bond acceptors (Lipinski definition) is 3. The summed E-state index contributed by atoms with van der Waals surface area (Å²) in [6, 6.07) is 11.3. The molecule has 92 valence electrons. The van der Waals surface area contributed by atoms with Gasteiger partial charge in [0.25, 0.3) is 0 Å². The van der Waals surface area contributed by atoms with Gasteiger partial charge in [-0.2, -0.15) is 10.5 Å². The van der Waals surface area contributed by atoms with Gasteiger partial charge in [0.15, 0.2) is 0 Å². The second-order valence-corrected chi connectivity index (χ2v) is 3.70. The number of anilines is 2. The predicted molar refractivity (Wildman–Crippen MR) is 65.5 cm³/mol. The van der Waals surface area contributed by atoms with Gasteiger partial charge in [-0.1, -0.05) is 6.07 Å². The van der Waals surface area contributed by atoms with E-state index < -0.39 is 11.6 Å². The fourth-order valence-corrected chi connectivity index (χ4v) is 1.60. The summed E-state index contributed by atoms with van der Waals surface area (Å²) in [6.45, 7) is 0. The zero-order chi connectivity index (χ0) is 13.8. The van der Waals surface area contributed by atoms with Crippen LogP contribution in [0.5, 0.6) is 0 Å². The minimum absolute atomic E-state index is 0.0770. The predicted octanol–water partition coefficient (Wildman–Crippen LogP) is 3.45. The van der Waals surface area contributed by atoms with Gasteiger partial charge in [-0.15, -0.1) is 0 Å². The Balaban J connectivity index is 2.46. The van der Waals surface area contributed by atoms with Crippen molar-refractivity contribution in [2.75, 3.05) is 5.32 Å². The highest BCUT2D eigenvalue weighted by atomic mass is 19.1. The molecule has 3 nitrogen and oxygen atoms in total. The summed E-state index contributed by atoms with van der Waals surface area (Å²) >= 11 is 0. The van der Waals surface area contributed by atoms with E-state index in [0.29, 0.717) is 5.69 Å². The van der Waals surface area contributed by atoms with Crippen molar-refractivity contribution in [3.05, 3.63) is 59.2 Å². The average molecular weight is 255 g/mol. The van der Waals surface area contributed by atoms with Gasteiger partial charge in [-0.25, -0.2) is 8.78 Å². The molecule has 0 aliphatic heterocycles.